The molecule has 0 aliphatic heterocycles. The maximum atomic E-state index is 12.4. The minimum atomic E-state index is -0.842. The fourth-order valence-corrected chi connectivity index (χ4v) is 2.84. The molecule has 1 saturated carbocycles. The molecule has 1 amide bonds. The van der Waals surface area contributed by atoms with E-state index in [-0.39, 0.29) is 17.9 Å². The van der Waals surface area contributed by atoms with Gasteiger partial charge in [-0.1, -0.05) is 13.3 Å². The first-order valence-electron chi connectivity index (χ1n) is 7.46. The minimum absolute atomic E-state index is 0.0549. The number of aliphatic carboxylic acids is 1. The molecule has 116 valence electrons. The van der Waals surface area contributed by atoms with Crippen LogP contribution < -0.4 is 0 Å². The number of carbonyl (C=O) groups is 2. The van der Waals surface area contributed by atoms with Crippen molar-refractivity contribution in [2.24, 2.45) is 17.8 Å². The number of nitrogens with zero attached hydrogens (tertiary/aromatic N) is 1. The molecule has 1 aliphatic carbocycles. The second-order valence-corrected chi connectivity index (χ2v) is 5.98. The summed E-state index contributed by atoms with van der Waals surface area (Å²) in [5, 5.41) is 9.28. The Labute approximate surface area is 121 Å². The summed E-state index contributed by atoms with van der Waals surface area (Å²) >= 11 is 0. The number of rotatable bonds is 7. The lowest BCUT2D eigenvalue weighted by atomic mass is 9.95. The number of carbonyl (C=O) groups excluding carboxylic acids is 1. The monoisotopic (exact) mass is 285 g/mol. The molecule has 0 aromatic heterocycles. The lowest BCUT2D eigenvalue weighted by Crippen LogP contribution is -2.38. The number of amides is 1. The molecular weight excluding hydrogens is 258 g/mol. The van der Waals surface area contributed by atoms with Crippen molar-refractivity contribution in [1.82, 2.24) is 4.90 Å². The van der Waals surface area contributed by atoms with Crippen molar-refractivity contribution < 1.29 is 19.4 Å². The minimum Gasteiger partial charge on any atom is -0.481 e. The summed E-state index contributed by atoms with van der Waals surface area (Å²) in [6.07, 6.45) is 2.40. The Balaban J connectivity index is 2.57. The Hall–Kier alpha value is -1.10. The normalized spacial score (nSPS) is 25.9. The van der Waals surface area contributed by atoms with Crippen LogP contribution in [-0.2, 0) is 14.3 Å². The molecule has 0 aromatic carbocycles. The van der Waals surface area contributed by atoms with Crippen LogP contribution in [0.15, 0.2) is 0 Å². The van der Waals surface area contributed by atoms with Gasteiger partial charge in [-0.05, 0) is 32.6 Å². The zero-order valence-corrected chi connectivity index (χ0v) is 13.0. The summed E-state index contributed by atoms with van der Waals surface area (Å²) in [5.41, 5.74) is 0. The summed E-state index contributed by atoms with van der Waals surface area (Å²) < 4.78 is 5.43. The van der Waals surface area contributed by atoms with Gasteiger partial charge in [-0.3, -0.25) is 9.59 Å². The van der Waals surface area contributed by atoms with Crippen LogP contribution in [0.4, 0.5) is 0 Å². The van der Waals surface area contributed by atoms with Gasteiger partial charge in [-0.15, -0.1) is 0 Å². The number of carboxylic acid groups (broad SMARTS) is 1. The number of likely N-dealkylation sites (N-methyl/N-ethyl adjacent to an activating group) is 1. The summed E-state index contributed by atoms with van der Waals surface area (Å²) in [4.78, 5) is 25.3. The standard InChI is InChI=1S/C15H27NO4/c1-5-11-8-12(13(9-11)15(18)19)14(17)16(4)6-7-20-10(2)3/h10-13H,5-9H2,1-4H3,(H,18,19). The Morgan fingerprint density at radius 1 is 1.30 bits per heavy atom. The maximum absolute atomic E-state index is 12.4. The van der Waals surface area contributed by atoms with Crippen molar-refractivity contribution in [3.63, 3.8) is 0 Å². The van der Waals surface area contributed by atoms with E-state index in [0.29, 0.717) is 31.9 Å². The highest BCUT2D eigenvalue weighted by Crippen LogP contribution is 2.39. The molecule has 0 saturated heterocycles. The molecule has 0 heterocycles. The molecule has 0 radical (unpaired) electrons. The lowest BCUT2D eigenvalue weighted by Gasteiger charge is -2.23. The fraction of sp³-hybridized carbons (Fsp3) is 0.867. The first-order valence-corrected chi connectivity index (χ1v) is 7.46. The van der Waals surface area contributed by atoms with E-state index in [9.17, 15) is 14.7 Å². The quantitative estimate of drug-likeness (QED) is 0.777. The fourth-order valence-electron chi connectivity index (χ4n) is 2.84. The van der Waals surface area contributed by atoms with Crippen LogP contribution in [0, 0.1) is 17.8 Å². The smallest absolute Gasteiger partial charge is 0.307 e. The molecule has 0 bridgehead atoms. The average molecular weight is 285 g/mol. The van der Waals surface area contributed by atoms with E-state index >= 15 is 0 Å². The van der Waals surface area contributed by atoms with Gasteiger partial charge in [0.25, 0.3) is 0 Å². The van der Waals surface area contributed by atoms with Crippen molar-refractivity contribution >= 4 is 11.9 Å². The van der Waals surface area contributed by atoms with Crippen LogP contribution in [0.1, 0.15) is 40.0 Å². The topological polar surface area (TPSA) is 66.8 Å². The van der Waals surface area contributed by atoms with Crippen LogP contribution in [-0.4, -0.2) is 48.2 Å². The molecule has 1 fully saturated rings. The van der Waals surface area contributed by atoms with E-state index in [0.717, 1.165) is 6.42 Å². The molecule has 20 heavy (non-hydrogen) atoms. The molecule has 3 unspecified atom stereocenters. The first kappa shape index (κ1) is 17.0. The van der Waals surface area contributed by atoms with Gasteiger partial charge in [0.15, 0.2) is 0 Å². The third-order valence-electron chi connectivity index (χ3n) is 4.13. The van der Waals surface area contributed by atoms with Crippen LogP contribution in [0.5, 0.6) is 0 Å². The van der Waals surface area contributed by atoms with Crippen LogP contribution in [0.2, 0.25) is 0 Å². The predicted octanol–water partition coefficient (Wildman–Crippen LogP) is 2.01. The van der Waals surface area contributed by atoms with E-state index in [1.165, 1.54) is 0 Å². The third-order valence-corrected chi connectivity index (χ3v) is 4.13. The molecule has 5 heteroatoms. The van der Waals surface area contributed by atoms with Crippen molar-refractivity contribution in [1.29, 1.82) is 0 Å². The molecule has 5 nitrogen and oxygen atoms in total. The van der Waals surface area contributed by atoms with Gasteiger partial charge in [0.2, 0.25) is 5.91 Å². The van der Waals surface area contributed by atoms with Gasteiger partial charge in [0.05, 0.1) is 24.5 Å². The van der Waals surface area contributed by atoms with Gasteiger partial charge in [-0.2, -0.15) is 0 Å². The van der Waals surface area contributed by atoms with E-state index < -0.39 is 11.9 Å². The lowest BCUT2D eigenvalue weighted by molar-refractivity contribution is -0.148. The van der Waals surface area contributed by atoms with Crippen molar-refractivity contribution in [2.45, 2.75) is 46.1 Å². The van der Waals surface area contributed by atoms with Gasteiger partial charge in [0.1, 0.15) is 0 Å². The Morgan fingerprint density at radius 3 is 2.40 bits per heavy atom. The number of carboxylic acids is 1. The zero-order valence-electron chi connectivity index (χ0n) is 13.0. The van der Waals surface area contributed by atoms with Gasteiger partial charge in [0, 0.05) is 13.6 Å². The third kappa shape index (κ3) is 4.47. The Bertz CT molecular complexity index is 343. The second-order valence-electron chi connectivity index (χ2n) is 5.98. The Morgan fingerprint density at radius 2 is 1.90 bits per heavy atom. The van der Waals surface area contributed by atoms with Gasteiger partial charge < -0.3 is 14.7 Å². The van der Waals surface area contributed by atoms with Crippen molar-refractivity contribution in [3.05, 3.63) is 0 Å². The predicted molar refractivity (Wildman–Crippen MR) is 76.4 cm³/mol. The SMILES string of the molecule is CCC1CC(C(=O)O)C(C(=O)N(C)CCOC(C)C)C1. The Kier molecular flexibility index (Phi) is 6.46. The molecule has 0 spiro atoms. The molecule has 1 N–H and O–H groups in total. The highest BCUT2D eigenvalue weighted by molar-refractivity contribution is 5.85. The molecule has 1 rings (SSSR count). The first-order chi connectivity index (χ1) is 9.36. The van der Waals surface area contributed by atoms with E-state index in [1.807, 2.05) is 13.8 Å². The molecule has 3 atom stereocenters. The summed E-state index contributed by atoms with van der Waals surface area (Å²) in [6, 6.07) is 0. The molecular formula is C15H27NO4. The average Bonchev–Trinajstić information content (AvgIpc) is 2.81. The van der Waals surface area contributed by atoms with Crippen molar-refractivity contribution in [2.75, 3.05) is 20.2 Å². The van der Waals surface area contributed by atoms with Gasteiger partial charge in [-0.25, -0.2) is 0 Å². The summed E-state index contributed by atoms with van der Waals surface area (Å²) in [6.45, 7) is 6.95. The highest BCUT2D eigenvalue weighted by Gasteiger charge is 2.42. The van der Waals surface area contributed by atoms with Crippen molar-refractivity contribution in [3.8, 4) is 0 Å². The molecule has 0 aromatic rings. The summed E-state index contributed by atoms with van der Waals surface area (Å²) in [5.74, 6) is -1.44. The zero-order chi connectivity index (χ0) is 15.3. The van der Waals surface area contributed by atoms with Crippen LogP contribution in [0.3, 0.4) is 0 Å². The summed E-state index contributed by atoms with van der Waals surface area (Å²) in [7, 11) is 1.73. The van der Waals surface area contributed by atoms with Crippen LogP contribution >= 0.6 is 0 Å². The largest absolute Gasteiger partial charge is 0.481 e. The second kappa shape index (κ2) is 7.62. The molecule has 1 aliphatic rings. The van der Waals surface area contributed by atoms with E-state index in [2.05, 4.69) is 6.92 Å². The van der Waals surface area contributed by atoms with Crippen LogP contribution in [0.25, 0.3) is 0 Å². The van der Waals surface area contributed by atoms with Gasteiger partial charge >= 0.3 is 5.97 Å². The number of ether oxygens (including phenoxy) is 1. The van der Waals surface area contributed by atoms with E-state index in [1.54, 1.807) is 11.9 Å². The number of hydrogen-bond acceptors (Lipinski definition) is 3. The maximum Gasteiger partial charge on any atom is 0.307 e. The number of hydrogen-bond donors (Lipinski definition) is 1. The van der Waals surface area contributed by atoms with E-state index in [4.69, 9.17) is 4.74 Å². The highest BCUT2D eigenvalue weighted by atomic mass is 16.5.